The maximum absolute atomic E-state index is 13.3. The number of aryl methyl sites for hydroxylation is 1. The van der Waals surface area contributed by atoms with Gasteiger partial charge in [0.15, 0.2) is 11.6 Å². The molecule has 2 aromatic heterocycles. The Labute approximate surface area is 193 Å². The van der Waals surface area contributed by atoms with Crippen molar-refractivity contribution < 1.29 is 9.13 Å². The maximum atomic E-state index is 13.3. The SMILES string of the molecule is CCC(CNC(=NC)NCCCc1nnc2ccccn12)Oc1cccc(F)c1.I. The van der Waals surface area contributed by atoms with Crippen LogP contribution in [0, 0.1) is 5.82 Å². The summed E-state index contributed by atoms with van der Waals surface area (Å²) < 4.78 is 21.2. The zero-order valence-electron chi connectivity index (χ0n) is 17.2. The molecule has 0 radical (unpaired) electrons. The molecule has 0 fully saturated rings. The summed E-state index contributed by atoms with van der Waals surface area (Å²) in [6.45, 7) is 3.36. The summed E-state index contributed by atoms with van der Waals surface area (Å²) in [6, 6.07) is 12.1. The van der Waals surface area contributed by atoms with Gasteiger partial charge in [0.1, 0.15) is 23.5 Å². The van der Waals surface area contributed by atoms with E-state index in [1.54, 1.807) is 19.2 Å². The molecule has 0 aliphatic carbocycles. The second-order valence-corrected chi connectivity index (χ2v) is 6.63. The van der Waals surface area contributed by atoms with Gasteiger partial charge in [0.05, 0.1) is 6.54 Å². The Morgan fingerprint density at radius 3 is 2.83 bits per heavy atom. The second kappa shape index (κ2) is 12.3. The van der Waals surface area contributed by atoms with Crippen LogP contribution in [-0.4, -0.2) is 46.8 Å². The third-order valence-electron chi connectivity index (χ3n) is 4.53. The van der Waals surface area contributed by atoms with Crippen LogP contribution >= 0.6 is 24.0 Å². The van der Waals surface area contributed by atoms with Crippen LogP contribution in [0.4, 0.5) is 4.39 Å². The van der Waals surface area contributed by atoms with Crippen molar-refractivity contribution in [2.75, 3.05) is 20.1 Å². The van der Waals surface area contributed by atoms with Crippen molar-refractivity contribution in [2.45, 2.75) is 32.3 Å². The molecule has 3 rings (SSSR count). The fraction of sp³-hybridized carbons (Fsp3) is 0.381. The molecular formula is C21H28FIN6O. The Balaban J connectivity index is 0.00000320. The summed E-state index contributed by atoms with van der Waals surface area (Å²) in [7, 11) is 1.73. The lowest BCUT2D eigenvalue weighted by atomic mass is 10.2. The number of aliphatic imine (C=N–C) groups is 1. The molecule has 2 N–H and O–H groups in total. The van der Waals surface area contributed by atoms with Gasteiger partial charge in [-0.05, 0) is 37.1 Å². The molecule has 0 saturated heterocycles. The highest BCUT2D eigenvalue weighted by molar-refractivity contribution is 14.0. The molecule has 30 heavy (non-hydrogen) atoms. The Hall–Kier alpha value is -2.43. The molecule has 7 nitrogen and oxygen atoms in total. The number of nitrogens with zero attached hydrogens (tertiary/aromatic N) is 4. The van der Waals surface area contributed by atoms with Crippen LogP contribution in [0.1, 0.15) is 25.6 Å². The number of nitrogens with one attached hydrogen (secondary N) is 2. The largest absolute Gasteiger partial charge is 0.489 e. The molecule has 3 aromatic rings. The Kier molecular flexibility index (Phi) is 9.78. The van der Waals surface area contributed by atoms with E-state index in [1.165, 1.54) is 12.1 Å². The minimum atomic E-state index is -0.303. The Morgan fingerprint density at radius 2 is 2.07 bits per heavy atom. The lowest BCUT2D eigenvalue weighted by molar-refractivity contribution is 0.199. The van der Waals surface area contributed by atoms with Crippen LogP contribution < -0.4 is 15.4 Å². The minimum absolute atomic E-state index is 0. The molecule has 0 aliphatic rings. The molecule has 0 aliphatic heterocycles. The van der Waals surface area contributed by atoms with Crippen molar-refractivity contribution >= 4 is 35.6 Å². The molecule has 1 atom stereocenters. The number of halogens is 2. The number of fused-ring (bicyclic) bond motifs is 1. The van der Waals surface area contributed by atoms with E-state index in [1.807, 2.05) is 35.7 Å². The molecule has 0 saturated carbocycles. The Bertz CT molecular complexity index is 948. The van der Waals surface area contributed by atoms with Gasteiger partial charge in [-0.15, -0.1) is 34.2 Å². The first-order valence-electron chi connectivity index (χ1n) is 9.85. The van der Waals surface area contributed by atoms with Crippen molar-refractivity contribution in [1.29, 1.82) is 0 Å². The molecule has 162 valence electrons. The first kappa shape index (κ1) is 23.8. The van der Waals surface area contributed by atoms with E-state index >= 15 is 0 Å². The van der Waals surface area contributed by atoms with Crippen LogP contribution in [0.2, 0.25) is 0 Å². The molecular weight excluding hydrogens is 498 g/mol. The minimum Gasteiger partial charge on any atom is -0.489 e. The number of aromatic nitrogens is 3. The normalized spacial score (nSPS) is 12.3. The van der Waals surface area contributed by atoms with Gasteiger partial charge in [0.25, 0.3) is 0 Å². The van der Waals surface area contributed by atoms with Gasteiger partial charge in [-0.1, -0.05) is 19.1 Å². The maximum Gasteiger partial charge on any atom is 0.191 e. The third kappa shape index (κ3) is 6.82. The highest BCUT2D eigenvalue weighted by Gasteiger charge is 2.10. The third-order valence-corrected chi connectivity index (χ3v) is 4.53. The van der Waals surface area contributed by atoms with E-state index in [-0.39, 0.29) is 35.9 Å². The summed E-state index contributed by atoms with van der Waals surface area (Å²) in [5.74, 6) is 1.88. The topological polar surface area (TPSA) is 75.8 Å². The van der Waals surface area contributed by atoms with E-state index in [9.17, 15) is 4.39 Å². The van der Waals surface area contributed by atoms with E-state index in [2.05, 4.69) is 25.8 Å². The van der Waals surface area contributed by atoms with Crippen LogP contribution in [0.5, 0.6) is 5.75 Å². The predicted molar refractivity (Wildman–Crippen MR) is 127 cm³/mol. The summed E-state index contributed by atoms with van der Waals surface area (Å²) in [5.41, 5.74) is 0.858. The summed E-state index contributed by atoms with van der Waals surface area (Å²) in [4.78, 5) is 4.25. The summed E-state index contributed by atoms with van der Waals surface area (Å²) in [5, 5.41) is 15.0. The number of hydrogen-bond donors (Lipinski definition) is 2. The summed E-state index contributed by atoms with van der Waals surface area (Å²) >= 11 is 0. The highest BCUT2D eigenvalue weighted by atomic mass is 127. The fourth-order valence-corrected chi connectivity index (χ4v) is 2.95. The molecule has 9 heteroatoms. The molecule has 0 bridgehead atoms. The molecule has 0 amide bonds. The Morgan fingerprint density at radius 1 is 1.20 bits per heavy atom. The van der Waals surface area contributed by atoms with Gasteiger partial charge in [0.2, 0.25) is 0 Å². The van der Waals surface area contributed by atoms with Crippen molar-refractivity contribution in [3.8, 4) is 5.75 Å². The first-order chi connectivity index (χ1) is 14.2. The predicted octanol–water partition coefficient (Wildman–Crippen LogP) is 3.44. The molecule has 1 unspecified atom stereocenters. The lowest BCUT2D eigenvalue weighted by Crippen LogP contribution is -2.42. The average molecular weight is 526 g/mol. The van der Waals surface area contributed by atoms with Crippen LogP contribution in [0.25, 0.3) is 5.65 Å². The number of hydrogen-bond acceptors (Lipinski definition) is 4. The van der Waals surface area contributed by atoms with Gasteiger partial charge < -0.3 is 15.4 Å². The van der Waals surface area contributed by atoms with Gasteiger partial charge in [0, 0.05) is 32.3 Å². The number of rotatable bonds is 9. The van der Waals surface area contributed by atoms with Gasteiger partial charge in [-0.2, -0.15) is 0 Å². The van der Waals surface area contributed by atoms with E-state index in [4.69, 9.17) is 4.74 Å². The van der Waals surface area contributed by atoms with E-state index < -0.39 is 0 Å². The van der Waals surface area contributed by atoms with Crippen molar-refractivity contribution in [1.82, 2.24) is 25.2 Å². The van der Waals surface area contributed by atoms with E-state index in [0.717, 1.165) is 37.3 Å². The monoisotopic (exact) mass is 526 g/mol. The number of pyridine rings is 1. The van der Waals surface area contributed by atoms with Crippen LogP contribution in [0.3, 0.4) is 0 Å². The molecule has 1 aromatic carbocycles. The van der Waals surface area contributed by atoms with E-state index in [0.29, 0.717) is 18.3 Å². The zero-order chi connectivity index (χ0) is 20.5. The molecule has 2 heterocycles. The average Bonchev–Trinajstić information content (AvgIpc) is 3.15. The fourth-order valence-electron chi connectivity index (χ4n) is 2.95. The number of guanidine groups is 1. The van der Waals surface area contributed by atoms with Crippen molar-refractivity contribution in [3.63, 3.8) is 0 Å². The zero-order valence-corrected chi connectivity index (χ0v) is 19.5. The van der Waals surface area contributed by atoms with Gasteiger partial charge in [-0.25, -0.2) is 4.39 Å². The number of ether oxygens (including phenoxy) is 1. The van der Waals surface area contributed by atoms with Gasteiger partial charge in [-0.3, -0.25) is 9.39 Å². The van der Waals surface area contributed by atoms with Crippen LogP contribution in [-0.2, 0) is 6.42 Å². The van der Waals surface area contributed by atoms with Crippen molar-refractivity contribution in [3.05, 3.63) is 60.3 Å². The first-order valence-corrected chi connectivity index (χ1v) is 9.85. The number of benzene rings is 1. The lowest BCUT2D eigenvalue weighted by Gasteiger charge is -2.20. The van der Waals surface area contributed by atoms with Gasteiger partial charge >= 0.3 is 0 Å². The quantitative estimate of drug-likeness (QED) is 0.194. The van der Waals surface area contributed by atoms with Crippen LogP contribution in [0.15, 0.2) is 53.7 Å². The highest BCUT2D eigenvalue weighted by Crippen LogP contribution is 2.14. The second-order valence-electron chi connectivity index (χ2n) is 6.63. The standard InChI is InChI=1S/C21H27FN6O.HI/c1-3-17(29-18-9-6-8-16(22)14-18)15-25-21(23-2)24-12-7-11-20-27-26-19-10-4-5-13-28(19)20;/h4-6,8-10,13-14,17H,3,7,11-12,15H2,1-2H3,(H2,23,24,25);1H. The summed E-state index contributed by atoms with van der Waals surface area (Å²) in [6.07, 6.45) is 4.39. The molecule has 0 spiro atoms. The smallest absolute Gasteiger partial charge is 0.191 e. The van der Waals surface area contributed by atoms with Crippen molar-refractivity contribution in [2.24, 2.45) is 4.99 Å².